The number of anilines is 1. The summed E-state index contributed by atoms with van der Waals surface area (Å²) in [6.45, 7) is 11.5. The lowest BCUT2D eigenvalue weighted by Gasteiger charge is -2.39. The van der Waals surface area contributed by atoms with Crippen LogP contribution in [0.3, 0.4) is 0 Å². The van der Waals surface area contributed by atoms with Crippen LogP contribution in [0.2, 0.25) is 0 Å². The van der Waals surface area contributed by atoms with Gasteiger partial charge < -0.3 is 23.8 Å². The van der Waals surface area contributed by atoms with E-state index < -0.39 is 0 Å². The van der Waals surface area contributed by atoms with Gasteiger partial charge in [0, 0.05) is 64.0 Å². The van der Waals surface area contributed by atoms with Crippen LogP contribution in [-0.2, 0) is 32.0 Å². The van der Waals surface area contributed by atoms with E-state index in [1.165, 1.54) is 0 Å². The zero-order valence-corrected chi connectivity index (χ0v) is 20.2. The number of piperazine rings is 1. The van der Waals surface area contributed by atoms with Crippen LogP contribution in [0.1, 0.15) is 37.0 Å². The number of hydrogen-bond acceptors (Lipinski definition) is 9. The zero-order chi connectivity index (χ0) is 22.6. The number of nitriles is 1. The van der Waals surface area contributed by atoms with Crippen LogP contribution >= 0.6 is 11.8 Å². The first-order chi connectivity index (χ1) is 15.5. The lowest BCUT2D eigenvalue weighted by atomic mass is 9.89. The monoisotopic (exact) mass is 462 g/mol. The molecule has 176 valence electrons. The molecule has 2 saturated heterocycles. The topological polar surface area (TPSA) is 80.1 Å². The van der Waals surface area contributed by atoms with Gasteiger partial charge in [0.1, 0.15) is 16.9 Å². The Hall–Kier alpha value is -1.41. The second-order valence-electron chi connectivity index (χ2n) is 9.04. The van der Waals surface area contributed by atoms with Crippen LogP contribution in [-0.4, -0.2) is 87.2 Å². The first-order valence-corrected chi connectivity index (χ1v) is 12.4. The molecule has 1 aromatic heterocycles. The van der Waals surface area contributed by atoms with Gasteiger partial charge in [0.05, 0.1) is 37.6 Å². The summed E-state index contributed by atoms with van der Waals surface area (Å²) >= 11 is 1.63. The number of fused-ring (bicyclic) bond motifs is 1. The maximum Gasteiger partial charge on any atom is 0.158 e. The van der Waals surface area contributed by atoms with Gasteiger partial charge in [0.15, 0.2) is 6.29 Å². The van der Waals surface area contributed by atoms with Gasteiger partial charge in [0.25, 0.3) is 0 Å². The van der Waals surface area contributed by atoms with Gasteiger partial charge >= 0.3 is 0 Å². The van der Waals surface area contributed by atoms with Gasteiger partial charge in [-0.1, -0.05) is 0 Å². The van der Waals surface area contributed by atoms with Crippen LogP contribution in [0, 0.1) is 11.3 Å². The summed E-state index contributed by atoms with van der Waals surface area (Å²) in [7, 11) is 1.74. The van der Waals surface area contributed by atoms with Crippen molar-refractivity contribution in [2.75, 3.05) is 70.3 Å². The van der Waals surface area contributed by atoms with Crippen LogP contribution < -0.4 is 4.90 Å². The predicted molar refractivity (Wildman–Crippen MR) is 123 cm³/mol. The number of pyridine rings is 1. The molecule has 4 rings (SSSR count). The summed E-state index contributed by atoms with van der Waals surface area (Å²) in [4.78, 5) is 9.82. The summed E-state index contributed by atoms with van der Waals surface area (Å²) in [5.74, 6) is 1.78. The average molecular weight is 463 g/mol. The Labute approximate surface area is 195 Å². The van der Waals surface area contributed by atoms with Gasteiger partial charge in [-0.25, -0.2) is 4.98 Å². The average Bonchev–Trinajstić information content (AvgIpc) is 3.30. The number of nitrogens with zero attached hydrogens (tertiary/aromatic N) is 4. The molecule has 0 aliphatic carbocycles. The number of methoxy groups -OCH3 is 1. The lowest BCUT2D eigenvalue weighted by molar-refractivity contribution is -0.0421. The maximum absolute atomic E-state index is 10.0. The highest BCUT2D eigenvalue weighted by Crippen LogP contribution is 2.39. The molecule has 1 aromatic rings. The highest BCUT2D eigenvalue weighted by atomic mass is 32.2. The summed E-state index contributed by atoms with van der Waals surface area (Å²) in [5, 5.41) is 10.9. The Morgan fingerprint density at radius 1 is 1.19 bits per heavy atom. The first kappa shape index (κ1) is 23.7. The molecule has 8 nitrogen and oxygen atoms in total. The fourth-order valence-electron chi connectivity index (χ4n) is 4.44. The maximum atomic E-state index is 10.0. The van der Waals surface area contributed by atoms with Gasteiger partial charge in [0.2, 0.25) is 0 Å². The summed E-state index contributed by atoms with van der Waals surface area (Å²) in [6, 6.07) is 2.46. The Bertz CT molecular complexity index is 830. The number of aromatic nitrogens is 1. The number of ether oxygens (including phenoxy) is 4. The quantitative estimate of drug-likeness (QED) is 0.541. The standard InChI is InChI=1S/C23H34N4O4S/c1-23(2)14-17-18(15-24)22(32-13-4-20-29-11-12-30-20)25-21(19(17)16-31-23)27-7-5-26(6-8-27)9-10-28-3/h20H,4-14,16H2,1-3H3. The summed E-state index contributed by atoms with van der Waals surface area (Å²) in [5.41, 5.74) is 2.60. The summed E-state index contributed by atoms with van der Waals surface area (Å²) < 4.78 is 22.5. The van der Waals surface area contributed by atoms with Crippen molar-refractivity contribution in [1.82, 2.24) is 9.88 Å². The smallest absolute Gasteiger partial charge is 0.158 e. The van der Waals surface area contributed by atoms with Gasteiger partial charge in [-0.2, -0.15) is 5.26 Å². The molecule has 0 radical (unpaired) electrons. The molecule has 0 N–H and O–H groups in total. The minimum absolute atomic E-state index is 0.141. The van der Waals surface area contributed by atoms with Gasteiger partial charge in [-0.15, -0.1) is 11.8 Å². The van der Waals surface area contributed by atoms with E-state index in [1.807, 2.05) is 0 Å². The summed E-state index contributed by atoms with van der Waals surface area (Å²) in [6.07, 6.45) is 1.37. The Kier molecular flexibility index (Phi) is 7.92. The van der Waals surface area contributed by atoms with Crippen LogP contribution in [0.25, 0.3) is 0 Å². The Balaban J connectivity index is 1.57. The largest absolute Gasteiger partial charge is 0.383 e. The van der Waals surface area contributed by atoms with E-state index >= 15 is 0 Å². The van der Waals surface area contributed by atoms with Crippen molar-refractivity contribution in [2.45, 2.75) is 50.2 Å². The number of hydrogen-bond donors (Lipinski definition) is 0. The second kappa shape index (κ2) is 10.7. The third kappa shape index (κ3) is 5.56. The molecule has 0 amide bonds. The molecule has 0 bridgehead atoms. The fraction of sp³-hybridized carbons (Fsp3) is 0.739. The van der Waals surface area contributed by atoms with Crippen LogP contribution in [0.15, 0.2) is 5.03 Å². The van der Waals surface area contributed by atoms with Crippen molar-refractivity contribution in [3.8, 4) is 6.07 Å². The Morgan fingerprint density at radius 2 is 1.94 bits per heavy atom. The highest BCUT2D eigenvalue weighted by molar-refractivity contribution is 7.99. The molecule has 3 aliphatic rings. The molecule has 0 spiro atoms. The third-order valence-electron chi connectivity index (χ3n) is 6.25. The van der Waals surface area contributed by atoms with E-state index in [1.54, 1.807) is 18.9 Å². The van der Waals surface area contributed by atoms with Crippen molar-refractivity contribution in [3.63, 3.8) is 0 Å². The molecule has 0 atom stereocenters. The molecule has 9 heteroatoms. The van der Waals surface area contributed by atoms with E-state index in [2.05, 4.69) is 29.7 Å². The predicted octanol–water partition coefficient (Wildman–Crippen LogP) is 2.43. The molecule has 0 saturated carbocycles. The molecular weight excluding hydrogens is 428 g/mol. The van der Waals surface area contributed by atoms with Crippen molar-refractivity contribution < 1.29 is 18.9 Å². The van der Waals surface area contributed by atoms with Crippen LogP contribution in [0.4, 0.5) is 5.82 Å². The molecular formula is C23H34N4O4S. The molecule has 0 aromatic carbocycles. The minimum Gasteiger partial charge on any atom is -0.383 e. The molecule has 32 heavy (non-hydrogen) atoms. The molecule has 0 unspecified atom stereocenters. The van der Waals surface area contributed by atoms with Crippen molar-refractivity contribution in [2.24, 2.45) is 0 Å². The van der Waals surface area contributed by atoms with E-state index in [-0.39, 0.29) is 11.9 Å². The van der Waals surface area contributed by atoms with E-state index in [9.17, 15) is 5.26 Å². The number of thioether (sulfide) groups is 1. The van der Waals surface area contributed by atoms with Gasteiger partial charge in [-0.3, -0.25) is 4.90 Å². The van der Waals surface area contributed by atoms with Gasteiger partial charge in [-0.05, 0) is 19.4 Å². The van der Waals surface area contributed by atoms with E-state index in [0.29, 0.717) is 25.4 Å². The molecule has 3 aliphatic heterocycles. The second-order valence-corrected chi connectivity index (χ2v) is 10.1. The first-order valence-electron chi connectivity index (χ1n) is 11.4. The fourth-order valence-corrected chi connectivity index (χ4v) is 5.40. The van der Waals surface area contributed by atoms with E-state index in [0.717, 1.165) is 79.9 Å². The number of rotatable bonds is 8. The minimum atomic E-state index is -0.288. The van der Waals surface area contributed by atoms with Crippen molar-refractivity contribution in [3.05, 3.63) is 16.7 Å². The van der Waals surface area contributed by atoms with Crippen molar-refractivity contribution >= 4 is 17.6 Å². The zero-order valence-electron chi connectivity index (χ0n) is 19.4. The normalized spacial score (nSPS) is 21.5. The SMILES string of the molecule is COCCN1CCN(c2nc(SCCC3OCCO3)c(C#N)c3c2COC(C)(C)C3)CC1. The van der Waals surface area contributed by atoms with Crippen molar-refractivity contribution in [1.29, 1.82) is 5.26 Å². The molecule has 4 heterocycles. The molecule has 2 fully saturated rings. The van der Waals surface area contributed by atoms with E-state index in [4.69, 9.17) is 23.9 Å². The Morgan fingerprint density at radius 3 is 2.62 bits per heavy atom. The van der Waals surface area contributed by atoms with Crippen LogP contribution in [0.5, 0.6) is 0 Å². The third-order valence-corrected chi connectivity index (χ3v) is 7.25. The highest BCUT2D eigenvalue weighted by Gasteiger charge is 2.34. The lowest BCUT2D eigenvalue weighted by Crippen LogP contribution is -2.48.